The van der Waals surface area contributed by atoms with Gasteiger partial charge in [0, 0.05) is 18.3 Å². The monoisotopic (exact) mass is 376 g/mol. The van der Waals surface area contributed by atoms with Crippen LogP contribution in [0.5, 0.6) is 0 Å². The lowest BCUT2D eigenvalue weighted by Crippen LogP contribution is -2.05. The van der Waals surface area contributed by atoms with Crippen LogP contribution in [0.25, 0.3) is 0 Å². The second-order valence-electron chi connectivity index (χ2n) is 5.29. The first-order valence-corrected chi connectivity index (χ1v) is 9.82. The van der Waals surface area contributed by atoms with Gasteiger partial charge in [-0.05, 0) is 37.1 Å². The third-order valence-electron chi connectivity index (χ3n) is 3.48. The molecular weight excluding hydrogens is 355 g/mol. The molecule has 1 atom stereocenters. The summed E-state index contributed by atoms with van der Waals surface area (Å²) in [6.07, 6.45) is 1.52. The fourth-order valence-electron chi connectivity index (χ4n) is 2.35. The molecule has 0 spiro atoms. The molecule has 2 aromatic rings. The van der Waals surface area contributed by atoms with Gasteiger partial charge in [-0.2, -0.15) is 0 Å². The van der Waals surface area contributed by atoms with E-state index in [1.54, 1.807) is 26.0 Å². The van der Waals surface area contributed by atoms with Crippen LogP contribution in [0.4, 0.5) is 5.69 Å². The van der Waals surface area contributed by atoms with Crippen LogP contribution in [0.1, 0.15) is 30.8 Å². The van der Waals surface area contributed by atoms with E-state index in [1.807, 2.05) is 30.3 Å². The van der Waals surface area contributed by atoms with Crippen molar-refractivity contribution in [2.45, 2.75) is 19.6 Å². The zero-order chi connectivity index (χ0) is 19.0. The van der Waals surface area contributed by atoms with E-state index >= 15 is 0 Å². The molecule has 0 bridgehead atoms. The highest BCUT2D eigenvalue weighted by Crippen LogP contribution is 2.61. The Morgan fingerprint density at radius 2 is 1.65 bits per heavy atom. The van der Waals surface area contributed by atoms with Crippen LogP contribution in [-0.4, -0.2) is 24.4 Å². The zero-order valence-electron chi connectivity index (χ0n) is 14.6. The summed E-state index contributed by atoms with van der Waals surface area (Å²) in [5.74, 6) is -0.821. The first kappa shape index (κ1) is 20.0. The van der Waals surface area contributed by atoms with Gasteiger partial charge in [0.1, 0.15) is 0 Å². The van der Waals surface area contributed by atoms with Crippen molar-refractivity contribution in [1.82, 2.24) is 0 Å². The molecule has 7 nitrogen and oxygen atoms in total. The summed E-state index contributed by atoms with van der Waals surface area (Å²) in [5.41, 5.74) is 1.35. The van der Waals surface area contributed by atoms with Gasteiger partial charge in [0.2, 0.25) is 0 Å². The van der Waals surface area contributed by atoms with E-state index < -0.39 is 18.3 Å². The standard InChI is InChI=1S/C18H21N2O5P/c1-3-24-26(23,25-4-2)18(16-8-6-5-7-9-16)19-14-15-10-12-17(13-11-15)20(21)22/h5-14,18H,3-4H2,1-2H3/t18-/m1/s1. The Morgan fingerprint density at radius 1 is 1.08 bits per heavy atom. The van der Waals surface area contributed by atoms with Crippen molar-refractivity contribution in [2.75, 3.05) is 13.2 Å². The minimum atomic E-state index is -3.52. The quantitative estimate of drug-likeness (QED) is 0.266. The van der Waals surface area contributed by atoms with Crippen molar-refractivity contribution in [1.29, 1.82) is 0 Å². The lowest BCUT2D eigenvalue weighted by atomic mass is 10.2. The molecule has 0 fully saturated rings. The second kappa shape index (κ2) is 9.38. The number of non-ortho nitro benzene ring substituents is 1. The van der Waals surface area contributed by atoms with Gasteiger partial charge in [-0.3, -0.25) is 19.7 Å². The highest BCUT2D eigenvalue weighted by Gasteiger charge is 2.36. The fraction of sp³-hybridized carbons (Fsp3) is 0.278. The SMILES string of the molecule is CCOP(=O)(OCC)[C@@H](N=Cc1ccc([N+](=O)[O-])cc1)c1ccccc1. The summed E-state index contributed by atoms with van der Waals surface area (Å²) in [4.78, 5) is 14.7. The molecule has 0 heterocycles. The minimum absolute atomic E-state index is 0.00364. The van der Waals surface area contributed by atoms with Crippen LogP contribution in [0, 0.1) is 10.1 Å². The number of nitro benzene ring substituents is 1. The Balaban J connectivity index is 2.37. The molecule has 26 heavy (non-hydrogen) atoms. The molecule has 2 aromatic carbocycles. The molecule has 0 aliphatic rings. The number of nitro groups is 1. The topological polar surface area (TPSA) is 91.0 Å². The van der Waals surface area contributed by atoms with Gasteiger partial charge >= 0.3 is 7.60 Å². The number of rotatable bonds is 9. The molecule has 8 heteroatoms. The van der Waals surface area contributed by atoms with E-state index in [4.69, 9.17) is 9.05 Å². The summed E-state index contributed by atoms with van der Waals surface area (Å²) < 4.78 is 24.1. The largest absolute Gasteiger partial charge is 0.359 e. The second-order valence-corrected chi connectivity index (χ2v) is 7.37. The summed E-state index contributed by atoms with van der Waals surface area (Å²) in [5, 5.41) is 10.7. The summed E-state index contributed by atoms with van der Waals surface area (Å²) in [7, 11) is -3.52. The molecule has 0 aliphatic heterocycles. The maximum absolute atomic E-state index is 13.2. The molecule has 0 radical (unpaired) electrons. The van der Waals surface area contributed by atoms with E-state index in [0.29, 0.717) is 11.1 Å². The lowest BCUT2D eigenvalue weighted by molar-refractivity contribution is -0.384. The minimum Gasteiger partial charge on any atom is -0.307 e. The smallest absolute Gasteiger partial charge is 0.307 e. The first-order valence-electron chi connectivity index (χ1n) is 8.21. The highest BCUT2D eigenvalue weighted by atomic mass is 31.2. The number of nitrogens with zero attached hydrogens (tertiary/aromatic N) is 2. The van der Waals surface area contributed by atoms with E-state index in [2.05, 4.69) is 4.99 Å². The lowest BCUT2D eigenvalue weighted by Gasteiger charge is -2.23. The number of hydrogen-bond acceptors (Lipinski definition) is 6. The van der Waals surface area contributed by atoms with Gasteiger partial charge < -0.3 is 9.05 Å². The maximum Gasteiger partial charge on any atom is 0.359 e. The third-order valence-corrected chi connectivity index (χ3v) is 5.75. The average molecular weight is 376 g/mol. The number of hydrogen-bond donors (Lipinski definition) is 0. The van der Waals surface area contributed by atoms with Gasteiger partial charge in [0.15, 0.2) is 5.78 Å². The van der Waals surface area contributed by atoms with Gasteiger partial charge in [0.25, 0.3) is 5.69 Å². The van der Waals surface area contributed by atoms with E-state index in [0.717, 1.165) is 0 Å². The van der Waals surface area contributed by atoms with Crippen molar-refractivity contribution in [3.8, 4) is 0 Å². The molecular formula is C18H21N2O5P. The molecule has 0 unspecified atom stereocenters. The van der Waals surface area contributed by atoms with Gasteiger partial charge in [0.05, 0.1) is 18.1 Å². The fourth-order valence-corrected chi connectivity index (χ4v) is 4.20. The Hall–Kier alpha value is -2.34. The molecule has 0 saturated carbocycles. The highest BCUT2D eigenvalue weighted by molar-refractivity contribution is 7.54. The Labute approximate surface area is 152 Å². The Kier molecular flexibility index (Phi) is 7.21. The molecule has 0 N–H and O–H groups in total. The van der Waals surface area contributed by atoms with Gasteiger partial charge in [-0.25, -0.2) is 0 Å². The molecule has 0 saturated heterocycles. The third kappa shape index (κ3) is 5.08. The molecule has 0 aromatic heterocycles. The van der Waals surface area contributed by atoms with Crippen LogP contribution >= 0.6 is 7.60 Å². The van der Waals surface area contributed by atoms with E-state index in [1.165, 1.54) is 18.3 Å². The van der Waals surface area contributed by atoms with Crippen LogP contribution in [-0.2, 0) is 13.6 Å². The van der Waals surface area contributed by atoms with Crippen LogP contribution in [0.15, 0.2) is 59.6 Å². The van der Waals surface area contributed by atoms with Gasteiger partial charge in [-0.1, -0.05) is 30.3 Å². The van der Waals surface area contributed by atoms with Crippen molar-refractivity contribution in [2.24, 2.45) is 4.99 Å². The number of aliphatic imine (C=N–C) groups is 1. The van der Waals surface area contributed by atoms with Crippen molar-refractivity contribution < 1.29 is 18.5 Å². The van der Waals surface area contributed by atoms with E-state index in [9.17, 15) is 14.7 Å². The van der Waals surface area contributed by atoms with Crippen LogP contribution < -0.4 is 0 Å². The Morgan fingerprint density at radius 3 is 2.15 bits per heavy atom. The van der Waals surface area contributed by atoms with Crippen molar-refractivity contribution >= 4 is 19.5 Å². The summed E-state index contributed by atoms with van der Waals surface area (Å²) in [6, 6.07) is 15.1. The maximum atomic E-state index is 13.2. The molecule has 2 rings (SSSR count). The van der Waals surface area contributed by atoms with Crippen LogP contribution in [0.3, 0.4) is 0 Å². The Bertz CT molecular complexity index is 783. The molecule has 0 aliphatic carbocycles. The number of benzene rings is 2. The average Bonchev–Trinajstić information content (AvgIpc) is 2.63. The van der Waals surface area contributed by atoms with Crippen molar-refractivity contribution in [3.05, 3.63) is 75.8 Å². The normalized spacial score (nSPS) is 13.0. The zero-order valence-corrected chi connectivity index (χ0v) is 15.5. The van der Waals surface area contributed by atoms with Crippen molar-refractivity contribution in [3.63, 3.8) is 0 Å². The van der Waals surface area contributed by atoms with Gasteiger partial charge in [-0.15, -0.1) is 0 Å². The predicted molar refractivity (Wildman–Crippen MR) is 101 cm³/mol. The molecule has 0 amide bonds. The first-order chi connectivity index (χ1) is 12.5. The van der Waals surface area contributed by atoms with Crippen LogP contribution in [0.2, 0.25) is 0 Å². The molecule has 138 valence electrons. The summed E-state index contributed by atoms with van der Waals surface area (Å²) in [6.45, 7) is 3.95. The summed E-state index contributed by atoms with van der Waals surface area (Å²) >= 11 is 0. The predicted octanol–water partition coefficient (Wildman–Crippen LogP) is 4.98. The van der Waals surface area contributed by atoms with E-state index in [-0.39, 0.29) is 18.9 Å².